The van der Waals surface area contributed by atoms with Gasteiger partial charge in [-0.3, -0.25) is 4.68 Å². The fourth-order valence-corrected chi connectivity index (χ4v) is 5.05. The van der Waals surface area contributed by atoms with E-state index in [9.17, 15) is 0 Å². The van der Waals surface area contributed by atoms with Crippen LogP contribution >= 0.6 is 0 Å². The summed E-state index contributed by atoms with van der Waals surface area (Å²) >= 11 is 0. The van der Waals surface area contributed by atoms with Gasteiger partial charge < -0.3 is 14.3 Å². The van der Waals surface area contributed by atoms with E-state index < -0.39 is 0 Å². The molecule has 1 aliphatic heterocycles. The SMILES string of the molecule is CCC(n1cc(-c2ncnc3[nH]ccc23)cn1)C1(C)CCN(c2nc3ncccc3o2)C1. The van der Waals surface area contributed by atoms with Crippen LogP contribution in [-0.4, -0.2) is 47.8 Å². The van der Waals surface area contributed by atoms with E-state index in [0.29, 0.717) is 11.7 Å². The fraction of sp³-hybridized carbons (Fsp3) is 0.348. The van der Waals surface area contributed by atoms with E-state index in [2.05, 4.69) is 54.5 Å². The van der Waals surface area contributed by atoms with Gasteiger partial charge in [0.05, 0.1) is 17.9 Å². The topological polar surface area (TPSA) is 102 Å². The Balaban J connectivity index is 1.29. The van der Waals surface area contributed by atoms with Crippen molar-refractivity contribution >= 4 is 28.3 Å². The second-order valence-electron chi connectivity index (χ2n) is 8.74. The van der Waals surface area contributed by atoms with Crippen molar-refractivity contribution in [2.24, 2.45) is 5.41 Å². The van der Waals surface area contributed by atoms with E-state index in [-0.39, 0.29) is 11.5 Å². The summed E-state index contributed by atoms with van der Waals surface area (Å²) in [4.78, 5) is 23.1. The molecule has 0 bridgehead atoms. The molecule has 0 aliphatic carbocycles. The third kappa shape index (κ3) is 2.96. The van der Waals surface area contributed by atoms with E-state index in [1.54, 1.807) is 12.5 Å². The van der Waals surface area contributed by atoms with Gasteiger partial charge in [-0.15, -0.1) is 0 Å². The zero-order valence-electron chi connectivity index (χ0n) is 18.1. The lowest BCUT2D eigenvalue weighted by Gasteiger charge is -2.33. The van der Waals surface area contributed by atoms with Crippen LogP contribution in [0.15, 0.2) is 53.7 Å². The highest BCUT2D eigenvalue weighted by molar-refractivity contribution is 5.90. The molecule has 1 fully saturated rings. The molecule has 0 saturated carbocycles. The first-order chi connectivity index (χ1) is 15.6. The molecule has 1 N–H and O–H groups in total. The minimum absolute atomic E-state index is 0.0290. The number of fused-ring (bicyclic) bond motifs is 2. The molecule has 9 nitrogen and oxygen atoms in total. The van der Waals surface area contributed by atoms with Gasteiger partial charge in [0, 0.05) is 48.0 Å². The lowest BCUT2D eigenvalue weighted by Crippen LogP contribution is -2.33. The zero-order valence-corrected chi connectivity index (χ0v) is 18.1. The van der Waals surface area contributed by atoms with Crippen LogP contribution in [0.3, 0.4) is 0 Å². The second kappa shape index (κ2) is 7.15. The number of oxazole rings is 1. The number of pyridine rings is 1. The van der Waals surface area contributed by atoms with Gasteiger partial charge in [-0.05, 0) is 31.0 Å². The van der Waals surface area contributed by atoms with Crippen molar-refractivity contribution in [3.63, 3.8) is 0 Å². The van der Waals surface area contributed by atoms with Gasteiger partial charge in [0.1, 0.15) is 12.0 Å². The molecular weight excluding hydrogens is 404 g/mol. The average Bonchev–Trinajstić information content (AvgIpc) is 3.59. The summed E-state index contributed by atoms with van der Waals surface area (Å²) < 4.78 is 8.08. The van der Waals surface area contributed by atoms with E-state index in [1.807, 2.05) is 30.6 Å². The lowest BCUT2D eigenvalue weighted by atomic mass is 9.80. The smallest absolute Gasteiger partial charge is 0.299 e. The Morgan fingerprint density at radius 2 is 2.19 bits per heavy atom. The van der Waals surface area contributed by atoms with Crippen LogP contribution in [0.4, 0.5) is 6.01 Å². The third-order valence-corrected chi connectivity index (χ3v) is 6.67. The van der Waals surface area contributed by atoms with Gasteiger partial charge >= 0.3 is 0 Å². The fourth-order valence-electron chi connectivity index (χ4n) is 5.05. The van der Waals surface area contributed by atoms with E-state index in [0.717, 1.165) is 53.8 Å². The van der Waals surface area contributed by atoms with Crippen molar-refractivity contribution in [3.8, 4) is 11.3 Å². The highest BCUT2D eigenvalue weighted by Gasteiger charge is 2.42. The van der Waals surface area contributed by atoms with Crippen LogP contribution in [0.5, 0.6) is 0 Å². The molecule has 0 spiro atoms. The third-order valence-electron chi connectivity index (χ3n) is 6.67. The maximum atomic E-state index is 5.97. The largest absolute Gasteiger partial charge is 0.422 e. The summed E-state index contributed by atoms with van der Waals surface area (Å²) in [6, 6.07) is 6.67. The van der Waals surface area contributed by atoms with Crippen molar-refractivity contribution < 1.29 is 4.42 Å². The summed E-state index contributed by atoms with van der Waals surface area (Å²) in [7, 11) is 0. The minimum Gasteiger partial charge on any atom is -0.422 e. The molecule has 5 aromatic heterocycles. The monoisotopic (exact) mass is 428 g/mol. The molecule has 162 valence electrons. The van der Waals surface area contributed by atoms with E-state index in [4.69, 9.17) is 9.52 Å². The Morgan fingerprint density at radius 1 is 1.25 bits per heavy atom. The predicted molar refractivity (Wildman–Crippen MR) is 121 cm³/mol. The first-order valence-corrected chi connectivity index (χ1v) is 10.9. The first-order valence-electron chi connectivity index (χ1n) is 10.9. The summed E-state index contributed by atoms with van der Waals surface area (Å²) in [6.45, 7) is 6.30. The van der Waals surface area contributed by atoms with Crippen LogP contribution in [0.2, 0.25) is 0 Å². The van der Waals surface area contributed by atoms with Gasteiger partial charge in [-0.2, -0.15) is 10.1 Å². The molecule has 0 amide bonds. The Morgan fingerprint density at radius 3 is 3.06 bits per heavy atom. The number of aromatic nitrogens is 7. The molecule has 6 heterocycles. The Kier molecular flexibility index (Phi) is 4.24. The molecule has 9 heteroatoms. The molecule has 0 radical (unpaired) electrons. The first kappa shape index (κ1) is 19.0. The van der Waals surface area contributed by atoms with Crippen molar-refractivity contribution in [1.82, 2.24) is 34.7 Å². The van der Waals surface area contributed by atoms with E-state index >= 15 is 0 Å². The van der Waals surface area contributed by atoms with Gasteiger partial charge in [0.15, 0.2) is 5.58 Å². The molecule has 2 unspecified atom stereocenters. The minimum atomic E-state index is 0.0290. The second-order valence-corrected chi connectivity index (χ2v) is 8.74. The van der Waals surface area contributed by atoms with E-state index in [1.165, 1.54) is 0 Å². The zero-order chi connectivity index (χ0) is 21.7. The van der Waals surface area contributed by atoms with Gasteiger partial charge in [-0.25, -0.2) is 15.0 Å². The maximum Gasteiger partial charge on any atom is 0.299 e. The molecule has 6 rings (SSSR count). The Hall–Kier alpha value is -3.75. The molecule has 0 aromatic carbocycles. The van der Waals surface area contributed by atoms with Crippen LogP contribution in [0.25, 0.3) is 33.5 Å². The Labute approximate surface area is 184 Å². The van der Waals surface area contributed by atoms with Gasteiger partial charge in [-0.1, -0.05) is 13.8 Å². The normalized spacial score (nSPS) is 19.9. The van der Waals surface area contributed by atoms with Crippen molar-refractivity contribution in [3.05, 3.63) is 49.3 Å². The van der Waals surface area contributed by atoms with Crippen molar-refractivity contribution in [1.29, 1.82) is 0 Å². The number of H-pyrrole nitrogens is 1. The highest BCUT2D eigenvalue weighted by atomic mass is 16.4. The number of rotatable bonds is 5. The summed E-state index contributed by atoms with van der Waals surface area (Å²) in [5.74, 6) is 0. The summed E-state index contributed by atoms with van der Waals surface area (Å²) in [6.07, 6.45) is 11.2. The number of nitrogens with zero attached hydrogens (tertiary/aromatic N) is 7. The quantitative estimate of drug-likeness (QED) is 0.447. The standard InChI is InChI=1S/C23H24N8O/c1-3-18(31-12-15(11-28-31)19-16-6-9-25-20(16)27-14-26-19)23(2)7-10-30(13-23)22-29-21-17(32-22)5-4-8-24-21/h4-6,8-9,11-12,14,18H,3,7,10,13H2,1-2H3,(H,25,26,27). The maximum absolute atomic E-state index is 5.97. The number of hydrogen-bond acceptors (Lipinski definition) is 7. The van der Waals surface area contributed by atoms with Crippen molar-refractivity contribution in [2.45, 2.75) is 32.7 Å². The van der Waals surface area contributed by atoms with Gasteiger partial charge in [0.2, 0.25) is 5.65 Å². The van der Waals surface area contributed by atoms with Crippen LogP contribution in [0, 0.1) is 5.41 Å². The van der Waals surface area contributed by atoms with Crippen LogP contribution in [-0.2, 0) is 0 Å². The number of anilines is 1. The molecule has 1 aliphatic rings. The lowest BCUT2D eigenvalue weighted by molar-refractivity contribution is 0.195. The molecule has 2 atom stereocenters. The predicted octanol–water partition coefficient (Wildman–Crippen LogP) is 4.23. The van der Waals surface area contributed by atoms with Crippen molar-refractivity contribution in [2.75, 3.05) is 18.0 Å². The highest BCUT2D eigenvalue weighted by Crippen LogP contribution is 2.44. The van der Waals surface area contributed by atoms with Crippen LogP contribution < -0.4 is 4.90 Å². The Bertz CT molecular complexity index is 1370. The summed E-state index contributed by atoms with van der Waals surface area (Å²) in [5, 5.41) is 5.76. The van der Waals surface area contributed by atoms with Gasteiger partial charge in [0.25, 0.3) is 6.01 Å². The summed E-state index contributed by atoms with van der Waals surface area (Å²) in [5.41, 5.74) is 4.14. The molecule has 1 saturated heterocycles. The number of nitrogens with one attached hydrogen (secondary N) is 1. The average molecular weight is 429 g/mol. The molecule has 32 heavy (non-hydrogen) atoms. The molecule has 5 aromatic rings. The number of aromatic amines is 1. The van der Waals surface area contributed by atoms with Crippen LogP contribution in [0.1, 0.15) is 32.7 Å². The number of hydrogen-bond donors (Lipinski definition) is 1. The molecular formula is C23H24N8O.